The van der Waals surface area contributed by atoms with Gasteiger partial charge in [0.2, 0.25) is 0 Å². The van der Waals surface area contributed by atoms with Gasteiger partial charge < -0.3 is 10.6 Å². The molecule has 1 fully saturated rings. The second kappa shape index (κ2) is 6.40. The number of benzene rings is 1. The van der Waals surface area contributed by atoms with Crippen LogP contribution in [0.15, 0.2) is 24.3 Å². The van der Waals surface area contributed by atoms with Gasteiger partial charge in [0.1, 0.15) is 0 Å². The van der Waals surface area contributed by atoms with Gasteiger partial charge in [-0.05, 0) is 48.4 Å². The van der Waals surface area contributed by atoms with E-state index in [4.69, 9.17) is 5.73 Å². The van der Waals surface area contributed by atoms with Gasteiger partial charge in [0.05, 0.1) is 0 Å². The molecule has 0 saturated carbocycles. The smallest absolute Gasteiger partial charge is 0.253 e. The minimum Gasteiger partial charge on any atom is -0.338 e. The standard InChI is InChI=1S/C17H26N2O/c1-12(2)14-4-6-15(7-5-14)17(20)19-9-8-13(3)16(10-18)11-19/h4-7,12-13,16H,8-11,18H2,1-3H3. The third-order valence-corrected chi connectivity index (χ3v) is 4.53. The average molecular weight is 274 g/mol. The van der Waals surface area contributed by atoms with Gasteiger partial charge in [0.15, 0.2) is 0 Å². The van der Waals surface area contributed by atoms with Crippen LogP contribution < -0.4 is 5.73 Å². The Kier molecular flexibility index (Phi) is 4.81. The zero-order valence-electron chi connectivity index (χ0n) is 12.8. The summed E-state index contributed by atoms with van der Waals surface area (Å²) in [6, 6.07) is 8.02. The Morgan fingerprint density at radius 2 is 2.00 bits per heavy atom. The van der Waals surface area contributed by atoms with Crippen LogP contribution in [0.25, 0.3) is 0 Å². The highest BCUT2D eigenvalue weighted by molar-refractivity contribution is 5.94. The van der Waals surface area contributed by atoms with Crippen molar-refractivity contribution in [1.29, 1.82) is 0 Å². The summed E-state index contributed by atoms with van der Waals surface area (Å²) in [6.07, 6.45) is 1.05. The zero-order chi connectivity index (χ0) is 14.7. The number of rotatable bonds is 3. The number of likely N-dealkylation sites (tertiary alicyclic amines) is 1. The van der Waals surface area contributed by atoms with E-state index in [2.05, 4.69) is 32.9 Å². The summed E-state index contributed by atoms with van der Waals surface area (Å²) in [5, 5.41) is 0. The van der Waals surface area contributed by atoms with Gasteiger partial charge in [-0.1, -0.05) is 32.9 Å². The van der Waals surface area contributed by atoms with E-state index in [1.165, 1.54) is 5.56 Å². The van der Waals surface area contributed by atoms with E-state index in [1.807, 2.05) is 17.0 Å². The summed E-state index contributed by atoms with van der Waals surface area (Å²) in [4.78, 5) is 14.5. The third kappa shape index (κ3) is 3.21. The van der Waals surface area contributed by atoms with E-state index in [0.29, 0.717) is 24.3 Å². The van der Waals surface area contributed by atoms with Gasteiger partial charge in [0, 0.05) is 18.7 Å². The van der Waals surface area contributed by atoms with Crippen LogP contribution in [0.3, 0.4) is 0 Å². The van der Waals surface area contributed by atoms with Crippen LogP contribution in [-0.4, -0.2) is 30.4 Å². The molecule has 3 heteroatoms. The number of amides is 1. The molecule has 0 spiro atoms. The zero-order valence-corrected chi connectivity index (χ0v) is 12.8. The van der Waals surface area contributed by atoms with Crippen molar-refractivity contribution in [2.24, 2.45) is 17.6 Å². The molecule has 1 heterocycles. The van der Waals surface area contributed by atoms with Gasteiger partial charge in [-0.3, -0.25) is 4.79 Å². The highest BCUT2D eigenvalue weighted by atomic mass is 16.2. The predicted octanol–water partition coefficient (Wildman–Crippen LogP) is 2.87. The number of nitrogens with two attached hydrogens (primary N) is 1. The predicted molar refractivity (Wildman–Crippen MR) is 82.8 cm³/mol. The molecule has 0 aliphatic carbocycles. The Labute approximate surface area is 122 Å². The van der Waals surface area contributed by atoms with E-state index in [1.54, 1.807) is 0 Å². The summed E-state index contributed by atoms with van der Waals surface area (Å²) in [7, 11) is 0. The number of carbonyl (C=O) groups is 1. The van der Waals surface area contributed by atoms with Crippen molar-refractivity contribution >= 4 is 5.91 Å². The van der Waals surface area contributed by atoms with Crippen LogP contribution in [0, 0.1) is 11.8 Å². The number of nitrogens with zero attached hydrogens (tertiary/aromatic N) is 1. The maximum Gasteiger partial charge on any atom is 0.253 e. The fraction of sp³-hybridized carbons (Fsp3) is 0.588. The number of hydrogen-bond acceptors (Lipinski definition) is 2. The Morgan fingerprint density at radius 1 is 1.35 bits per heavy atom. The van der Waals surface area contributed by atoms with Gasteiger partial charge in [-0.25, -0.2) is 0 Å². The Bertz CT molecular complexity index is 453. The molecular formula is C17H26N2O. The number of piperidine rings is 1. The summed E-state index contributed by atoms with van der Waals surface area (Å²) in [6.45, 7) is 8.86. The van der Waals surface area contributed by atoms with Crippen molar-refractivity contribution in [1.82, 2.24) is 4.90 Å². The molecular weight excluding hydrogens is 248 g/mol. The van der Waals surface area contributed by atoms with Gasteiger partial charge in [-0.15, -0.1) is 0 Å². The first-order valence-electron chi connectivity index (χ1n) is 7.62. The summed E-state index contributed by atoms with van der Waals surface area (Å²) >= 11 is 0. The highest BCUT2D eigenvalue weighted by Gasteiger charge is 2.28. The van der Waals surface area contributed by atoms with Crippen molar-refractivity contribution in [3.63, 3.8) is 0 Å². The lowest BCUT2D eigenvalue weighted by molar-refractivity contribution is 0.0618. The topological polar surface area (TPSA) is 46.3 Å². The molecule has 20 heavy (non-hydrogen) atoms. The molecule has 0 radical (unpaired) electrons. The second-order valence-electron chi connectivity index (χ2n) is 6.29. The number of carbonyl (C=O) groups excluding carboxylic acids is 1. The molecule has 0 bridgehead atoms. The SMILES string of the molecule is CC(C)c1ccc(C(=O)N2CCC(C)C(CN)C2)cc1. The van der Waals surface area contributed by atoms with Gasteiger partial charge in [0.25, 0.3) is 5.91 Å². The maximum atomic E-state index is 12.5. The summed E-state index contributed by atoms with van der Waals surface area (Å²) in [5.41, 5.74) is 7.87. The molecule has 2 N–H and O–H groups in total. The molecule has 110 valence electrons. The Balaban J connectivity index is 2.07. The van der Waals surface area contributed by atoms with Crippen LogP contribution in [0.1, 0.15) is 49.0 Å². The molecule has 1 aromatic carbocycles. The maximum absolute atomic E-state index is 12.5. The highest BCUT2D eigenvalue weighted by Crippen LogP contribution is 2.24. The normalized spacial score (nSPS) is 23.1. The van der Waals surface area contributed by atoms with E-state index in [-0.39, 0.29) is 5.91 Å². The van der Waals surface area contributed by atoms with Gasteiger partial charge >= 0.3 is 0 Å². The molecule has 1 amide bonds. The first-order valence-corrected chi connectivity index (χ1v) is 7.62. The monoisotopic (exact) mass is 274 g/mol. The molecule has 1 saturated heterocycles. The second-order valence-corrected chi connectivity index (χ2v) is 6.29. The Hall–Kier alpha value is -1.35. The van der Waals surface area contributed by atoms with Gasteiger partial charge in [-0.2, -0.15) is 0 Å². The van der Waals surface area contributed by atoms with Crippen molar-refractivity contribution in [2.45, 2.75) is 33.1 Å². The molecule has 3 nitrogen and oxygen atoms in total. The van der Waals surface area contributed by atoms with Crippen LogP contribution in [0.5, 0.6) is 0 Å². The largest absolute Gasteiger partial charge is 0.338 e. The first kappa shape index (κ1) is 15.0. The van der Waals surface area contributed by atoms with E-state index < -0.39 is 0 Å². The first-order chi connectivity index (χ1) is 9.52. The lowest BCUT2D eigenvalue weighted by atomic mass is 9.87. The van der Waals surface area contributed by atoms with Crippen molar-refractivity contribution < 1.29 is 4.79 Å². The van der Waals surface area contributed by atoms with E-state index in [9.17, 15) is 4.79 Å². The lowest BCUT2D eigenvalue weighted by Crippen LogP contribution is -2.45. The van der Waals surface area contributed by atoms with Crippen LogP contribution >= 0.6 is 0 Å². The molecule has 2 unspecified atom stereocenters. The molecule has 1 aromatic rings. The molecule has 1 aliphatic rings. The van der Waals surface area contributed by atoms with Crippen molar-refractivity contribution in [3.8, 4) is 0 Å². The van der Waals surface area contributed by atoms with E-state index in [0.717, 1.165) is 25.1 Å². The summed E-state index contributed by atoms with van der Waals surface area (Å²) in [5.74, 6) is 1.69. The number of hydrogen-bond donors (Lipinski definition) is 1. The van der Waals surface area contributed by atoms with Crippen molar-refractivity contribution in [3.05, 3.63) is 35.4 Å². The Morgan fingerprint density at radius 3 is 2.55 bits per heavy atom. The van der Waals surface area contributed by atoms with Crippen molar-refractivity contribution in [2.75, 3.05) is 19.6 Å². The average Bonchev–Trinajstić information content (AvgIpc) is 2.47. The lowest BCUT2D eigenvalue weighted by Gasteiger charge is -2.36. The summed E-state index contributed by atoms with van der Waals surface area (Å²) < 4.78 is 0. The third-order valence-electron chi connectivity index (χ3n) is 4.53. The van der Waals surface area contributed by atoms with E-state index >= 15 is 0 Å². The molecule has 2 atom stereocenters. The van der Waals surface area contributed by atoms with Crippen LogP contribution in [0.4, 0.5) is 0 Å². The molecule has 1 aliphatic heterocycles. The quantitative estimate of drug-likeness (QED) is 0.921. The minimum absolute atomic E-state index is 0.144. The fourth-order valence-electron chi connectivity index (χ4n) is 2.83. The van der Waals surface area contributed by atoms with Crippen LogP contribution in [-0.2, 0) is 0 Å². The molecule has 2 rings (SSSR count). The fourth-order valence-corrected chi connectivity index (χ4v) is 2.83. The minimum atomic E-state index is 0.144. The molecule has 0 aromatic heterocycles. The van der Waals surface area contributed by atoms with Crippen LogP contribution in [0.2, 0.25) is 0 Å².